The summed E-state index contributed by atoms with van der Waals surface area (Å²) in [6.45, 7) is 2.62. The highest BCUT2D eigenvalue weighted by molar-refractivity contribution is 4.92. The number of hydrogen-bond acceptors (Lipinski definition) is 2. The Balaban J connectivity index is 2.45. The Morgan fingerprint density at radius 2 is 2.50 bits per heavy atom. The fourth-order valence-corrected chi connectivity index (χ4v) is 1.34. The highest BCUT2D eigenvalue weighted by atomic mass is 19.1. The Morgan fingerprint density at radius 1 is 1.80 bits per heavy atom. The predicted molar refractivity (Wildman–Crippen MR) is 39.6 cm³/mol. The number of alkyl halides is 1. The molecule has 2 nitrogen and oxygen atoms in total. The van der Waals surface area contributed by atoms with Crippen molar-refractivity contribution in [1.82, 2.24) is 5.32 Å². The first kappa shape index (κ1) is 7.95. The van der Waals surface area contributed by atoms with E-state index in [4.69, 9.17) is 5.73 Å². The fraction of sp³-hybridized carbons (Fsp3) is 1.00. The maximum atomic E-state index is 13.3. The normalized spacial score (nSPS) is 32.1. The zero-order valence-corrected chi connectivity index (χ0v) is 6.36. The molecule has 1 aliphatic rings. The SMILES string of the molecule is CC(F)(CN)C1CCCN1. The van der Waals surface area contributed by atoms with Crippen LogP contribution in [-0.2, 0) is 0 Å². The highest BCUT2D eigenvalue weighted by Crippen LogP contribution is 2.21. The average molecular weight is 146 g/mol. The van der Waals surface area contributed by atoms with Crippen LogP contribution >= 0.6 is 0 Å². The monoisotopic (exact) mass is 146 g/mol. The molecule has 1 aliphatic heterocycles. The zero-order valence-electron chi connectivity index (χ0n) is 6.36. The van der Waals surface area contributed by atoms with Crippen LogP contribution in [0.2, 0.25) is 0 Å². The van der Waals surface area contributed by atoms with Crippen molar-refractivity contribution < 1.29 is 4.39 Å². The Morgan fingerprint density at radius 3 is 2.90 bits per heavy atom. The molecule has 1 fully saturated rings. The van der Waals surface area contributed by atoms with Gasteiger partial charge >= 0.3 is 0 Å². The third-order valence-electron chi connectivity index (χ3n) is 2.19. The van der Waals surface area contributed by atoms with Crippen molar-refractivity contribution in [2.45, 2.75) is 31.5 Å². The van der Waals surface area contributed by atoms with Gasteiger partial charge in [0.05, 0.1) is 0 Å². The van der Waals surface area contributed by atoms with Crippen molar-refractivity contribution in [3.8, 4) is 0 Å². The zero-order chi connectivity index (χ0) is 7.61. The molecule has 3 N–H and O–H groups in total. The van der Waals surface area contributed by atoms with E-state index in [9.17, 15) is 4.39 Å². The summed E-state index contributed by atoms with van der Waals surface area (Å²) in [6, 6.07) is -0.0162. The molecule has 0 radical (unpaired) electrons. The van der Waals surface area contributed by atoms with E-state index < -0.39 is 5.67 Å². The Hall–Kier alpha value is -0.150. The lowest BCUT2D eigenvalue weighted by Gasteiger charge is -2.25. The van der Waals surface area contributed by atoms with Gasteiger partial charge in [-0.25, -0.2) is 4.39 Å². The first-order valence-corrected chi connectivity index (χ1v) is 3.79. The molecule has 0 spiro atoms. The summed E-state index contributed by atoms with van der Waals surface area (Å²) in [5.41, 5.74) is 4.06. The molecule has 1 heterocycles. The summed E-state index contributed by atoms with van der Waals surface area (Å²) < 4.78 is 13.3. The van der Waals surface area contributed by atoms with E-state index in [2.05, 4.69) is 5.32 Å². The molecule has 0 aromatic heterocycles. The molecular weight excluding hydrogens is 131 g/mol. The van der Waals surface area contributed by atoms with E-state index in [1.165, 1.54) is 0 Å². The molecule has 60 valence electrons. The van der Waals surface area contributed by atoms with E-state index in [0.717, 1.165) is 19.4 Å². The number of halogens is 1. The molecule has 2 atom stereocenters. The number of nitrogens with one attached hydrogen (secondary N) is 1. The molecular formula is C7H15FN2. The lowest BCUT2D eigenvalue weighted by Crippen LogP contribution is -2.47. The molecule has 3 heteroatoms. The van der Waals surface area contributed by atoms with Gasteiger partial charge in [0.15, 0.2) is 0 Å². The summed E-state index contributed by atoms with van der Waals surface area (Å²) in [6.07, 6.45) is 1.99. The summed E-state index contributed by atoms with van der Waals surface area (Å²) in [5, 5.41) is 3.09. The first-order valence-electron chi connectivity index (χ1n) is 3.79. The summed E-state index contributed by atoms with van der Waals surface area (Å²) >= 11 is 0. The second-order valence-corrected chi connectivity index (χ2v) is 3.13. The molecule has 0 bridgehead atoms. The van der Waals surface area contributed by atoms with Gasteiger partial charge in [0, 0.05) is 12.6 Å². The van der Waals surface area contributed by atoms with E-state index in [-0.39, 0.29) is 12.6 Å². The topological polar surface area (TPSA) is 38.0 Å². The first-order chi connectivity index (χ1) is 4.67. The summed E-state index contributed by atoms with van der Waals surface area (Å²) in [5.74, 6) is 0. The predicted octanol–water partition coefficient (Wildman–Crippen LogP) is 0.425. The molecule has 0 aromatic carbocycles. The standard InChI is InChI=1S/C7H15FN2/c1-7(8,5-9)6-3-2-4-10-6/h6,10H,2-5,9H2,1H3. The van der Waals surface area contributed by atoms with Crippen molar-refractivity contribution in [3.05, 3.63) is 0 Å². The lowest BCUT2D eigenvalue weighted by atomic mass is 9.97. The summed E-state index contributed by atoms with van der Waals surface area (Å²) in [4.78, 5) is 0. The average Bonchev–Trinajstić information content (AvgIpc) is 2.38. The quantitative estimate of drug-likeness (QED) is 0.592. The third-order valence-corrected chi connectivity index (χ3v) is 2.19. The fourth-order valence-electron chi connectivity index (χ4n) is 1.34. The van der Waals surface area contributed by atoms with Crippen LogP contribution in [0.4, 0.5) is 4.39 Å². The Kier molecular flexibility index (Phi) is 2.26. The van der Waals surface area contributed by atoms with E-state index >= 15 is 0 Å². The molecule has 1 rings (SSSR count). The van der Waals surface area contributed by atoms with Crippen LogP contribution in [0.3, 0.4) is 0 Å². The largest absolute Gasteiger partial charge is 0.327 e. The van der Waals surface area contributed by atoms with Gasteiger partial charge in [-0.15, -0.1) is 0 Å². The smallest absolute Gasteiger partial charge is 0.135 e. The Bertz CT molecular complexity index is 108. The van der Waals surface area contributed by atoms with Crippen LogP contribution < -0.4 is 11.1 Å². The number of hydrogen-bond donors (Lipinski definition) is 2. The van der Waals surface area contributed by atoms with Crippen LogP contribution in [0.15, 0.2) is 0 Å². The van der Waals surface area contributed by atoms with E-state index in [1.807, 2.05) is 0 Å². The van der Waals surface area contributed by atoms with Crippen LogP contribution in [-0.4, -0.2) is 24.8 Å². The van der Waals surface area contributed by atoms with Gasteiger partial charge in [-0.2, -0.15) is 0 Å². The second kappa shape index (κ2) is 2.84. The van der Waals surface area contributed by atoms with Crippen LogP contribution in [0.25, 0.3) is 0 Å². The van der Waals surface area contributed by atoms with Gasteiger partial charge in [-0.05, 0) is 26.3 Å². The molecule has 10 heavy (non-hydrogen) atoms. The Labute approximate surface area is 61.0 Å². The maximum Gasteiger partial charge on any atom is 0.135 e. The van der Waals surface area contributed by atoms with Crippen molar-refractivity contribution in [1.29, 1.82) is 0 Å². The van der Waals surface area contributed by atoms with Crippen LogP contribution in [0.5, 0.6) is 0 Å². The van der Waals surface area contributed by atoms with Gasteiger partial charge in [-0.3, -0.25) is 0 Å². The van der Waals surface area contributed by atoms with Gasteiger partial charge in [-0.1, -0.05) is 0 Å². The molecule has 0 aromatic rings. The highest BCUT2D eigenvalue weighted by Gasteiger charge is 2.34. The molecule has 0 aliphatic carbocycles. The van der Waals surface area contributed by atoms with Gasteiger partial charge in [0.1, 0.15) is 5.67 Å². The maximum absolute atomic E-state index is 13.3. The number of nitrogens with two attached hydrogens (primary N) is 1. The van der Waals surface area contributed by atoms with Gasteiger partial charge in [0.25, 0.3) is 0 Å². The van der Waals surface area contributed by atoms with Gasteiger partial charge < -0.3 is 11.1 Å². The second-order valence-electron chi connectivity index (χ2n) is 3.13. The minimum atomic E-state index is -1.21. The van der Waals surface area contributed by atoms with Crippen molar-refractivity contribution >= 4 is 0 Å². The van der Waals surface area contributed by atoms with Crippen LogP contribution in [0, 0.1) is 0 Å². The molecule has 0 saturated carbocycles. The van der Waals surface area contributed by atoms with Crippen molar-refractivity contribution in [2.75, 3.05) is 13.1 Å². The third kappa shape index (κ3) is 1.47. The summed E-state index contributed by atoms with van der Waals surface area (Å²) in [7, 11) is 0. The van der Waals surface area contributed by atoms with Crippen molar-refractivity contribution in [3.63, 3.8) is 0 Å². The van der Waals surface area contributed by atoms with Gasteiger partial charge in [0.2, 0.25) is 0 Å². The minimum absolute atomic E-state index is 0.0162. The molecule has 2 unspecified atom stereocenters. The van der Waals surface area contributed by atoms with Crippen LogP contribution in [0.1, 0.15) is 19.8 Å². The van der Waals surface area contributed by atoms with E-state index in [0.29, 0.717) is 0 Å². The minimum Gasteiger partial charge on any atom is -0.327 e. The van der Waals surface area contributed by atoms with Crippen molar-refractivity contribution in [2.24, 2.45) is 5.73 Å². The van der Waals surface area contributed by atoms with E-state index in [1.54, 1.807) is 6.92 Å². The molecule has 1 saturated heterocycles. The number of rotatable bonds is 2. The molecule has 0 amide bonds. The lowest BCUT2D eigenvalue weighted by molar-refractivity contribution is 0.147.